The topological polar surface area (TPSA) is 46.3 Å². The van der Waals surface area contributed by atoms with Crippen LogP contribution in [0.1, 0.15) is 36.8 Å². The molecule has 1 aromatic rings. The fraction of sp³-hybridized carbons (Fsp3) is 0.429. The van der Waals surface area contributed by atoms with Crippen LogP contribution < -0.4 is 10.6 Å². The largest absolute Gasteiger partial charge is 0.389 e. The number of benzene rings is 1. The maximum absolute atomic E-state index is 12.1. The van der Waals surface area contributed by atoms with Crippen molar-refractivity contribution >= 4 is 28.8 Å². The second-order valence-electron chi connectivity index (χ2n) is 4.69. The van der Waals surface area contributed by atoms with Gasteiger partial charge in [0.05, 0.1) is 5.69 Å². The van der Waals surface area contributed by atoms with E-state index in [9.17, 15) is 4.79 Å². The molecule has 0 atom stereocenters. The quantitative estimate of drug-likeness (QED) is 0.833. The van der Waals surface area contributed by atoms with Crippen molar-refractivity contribution in [2.75, 3.05) is 11.4 Å². The maximum Gasteiger partial charge on any atom is 0.226 e. The minimum Gasteiger partial charge on any atom is -0.389 e. The molecule has 18 heavy (non-hydrogen) atoms. The van der Waals surface area contributed by atoms with E-state index in [0.717, 1.165) is 42.6 Å². The Balaban J connectivity index is 2.46. The summed E-state index contributed by atoms with van der Waals surface area (Å²) in [7, 11) is 0. The highest BCUT2D eigenvalue weighted by Crippen LogP contribution is 2.26. The molecule has 0 saturated carbocycles. The lowest BCUT2D eigenvalue weighted by atomic mass is 10.1. The van der Waals surface area contributed by atoms with E-state index in [2.05, 4.69) is 0 Å². The van der Waals surface area contributed by atoms with Crippen LogP contribution in [0.3, 0.4) is 0 Å². The van der Waals surface area contributed by atoms with Crippen molar-refractivity contribution in [2.45, 2.75) is 32.6 Å². The van der Waals surface area contributed by atoms with Gasteiger partial charge in [0, 0.05) is 18.5 Å². The van der Waals surface area contributed by atoms with Crippen molar-refractivity contribution in [3.05, 3.63) is 29.3 Å². The summed E-state index contributed by atoms with van der Waals surface area (Å²) in [4.78, 5) is 14.3. The summed E-state index contributed by atoms with van der Waals surface area (Å²) in [5.74, 6) is 0.176. The van der Waals surface area contributed by atoms with E-state index in [4.69, 9.17) is 18.0 Å². The Morgan fingerprint density at radius 3 is 2.83 bits per heavy atom. The van der Waals surface area contributed by atoms with Crippen LogP contribution in [0.2, 0.25) is 0 Å². The van der Waals surface area contributed by atoms with Gasteiger partial charge in [-0.2, -0.15) is 0 Å². The van der Waals surface area contributed by atoms with Crippen LogP contribution in [0.5, 0.6) is 0 Å². The average Bonchev–Trinajstić information content (AvgIpc) is 2.53. The first kappa shape index (κ1) is 13.0. The zero-order valence-corrected chi connectivity index (χ0v) is 11.4. The lowest BCUT2D eigenvalue weighted by Crippen LogP contribution is -2.32. The number of anilines is 1. The summed E-state index contributed by atoms with van der Waals surface area (Å²) >= 11 is 5.12. The molecule has 4 heteroatoms. The van der Waals surface area contributed by atoms with E-state index in [1.54, 1.807) is 0 Å². The number of aryl methyl sites for hydroxylation is 1. The van der Waals surface area contributed by atoms with Gasteiger partial charge in [-0.05, 0) is 31.4 Å². The van der Waals surface area contributed by atoms with Crippen LogP contribution in [-0.2, 0) is 4.79 Å². The Hall–Kier alpha value is -1.42. The number of carbonyl (C=O) groups excluding carboxylic acids is 1. The second kappa shape index (κ2) is 5.48. The number of nitrogens with zero attached hydrogens (tertiary/aromatic N) is 1. The van der Waals surface area contributed by atoms with Crippen molar-refractivity contribution in [2.24, 2.45) is 5.73 Å². The van der Waals surface area contributed by atoms with Crippen molar-refractivity contribution in [1.82, 2.24) is 0 Å². The Morgan fingerprint density at radius 2 is 2.11 bits per heavy atom. The molecule has 3 nitrogen and oxygen atoms in total. The smallest absolute Gasteiger partial charge is 0.226 e. The molecule has 0 spiro atoms. The molecule has 96 valence electrons. The third-order valence-corrected chi connectivity index (χ3v) is 3.57. The second-order valence-corrected chi connectivity index (χ2v) is 5.13. The van der Waals surface area contributed by atoms with Crippen LogP contribution in [0, 0.1) is 6.92 Å². The fourth-order valence-electron chi connectivity index (χ4n) is 2.44. The third kappa shape index (κ3) is 2.53. The molecule has 1 saturated heterocycles. The monoisotopic (exact) mass is 262 g/mol. The van der Waals surface area contributed by atoms with Crippen molar-refractivity contribution in [3.8, 4) is 0 Å². The van der Waals surface area contributed by atoms with Gasteiger partial charge in [0.25, 0.3) is 0 Å². The Bertz CT molecular complexity index is 485. The molecule has 0 unspecified atom stereocenters. The Morgan fingerprint density at radius 1 is 1.33 bits per heavy atom. The molecule has 1 amide bonds. The number of nitrogens with two attached hydrogens (primary N) is 1. The van der Waals surface area contributed by atoms with E-state index in [1.165, 1.54) is 0 Å². The highest BCUT2D eigenvalue weighted by Gasteiger charge is 2.22. The van der Waals surface area contributed by atoms with Crippen LogP contribution >= 0.6 is 12.2 Å². The number of amides is 1. The van der Waals surface area contributed by atoms with Crippen molar-refractivity contribution in [3.63, 3.8) is 0 Å². The molecule has 0 aliphatic carbocycles. The first-order valence-corrected chi connectivity index (χ1v) is 6.72. The van der Waals surface area contributed by atoms with Crippen LogP contribution in [-0.4, -0.2) is 17.4 Å². The van der Waals surface area contributed by atoms with E-state index in [1.807, 2.05) is 30.0 Å². The van der Waals surface area contributed by atoms with Gasteiger partial charge in [-0.3, -0.25) is 4.79 Å². The van der Waals surface area contributed by atoms with Gasteiger partial charge in [-0.1, -0.05) is 30.8 Å². The molecule has 1 heterocycles. The minimum atomic E-state index is 0.176. The fourth-order valence-corrected chi connectivity index (χ4v) is 2.70. The molecule has 2 rings (SSSR count). The van der Waals surface area contributed by atoms with E-state index < -0.39 is 0 Å². The van der Waals surface area contributed by atoms with Gasteiger partial charge in [-0.25, -0.2) is 0 Å². The van der Waals surface area contributed by atoms with Crippen molar-refractivity contribution in [1.29, 1.82) is 0 Å². The van der Waals surface area contributed by atoms with Crippen LogP contribution in [0.4, 0.5) is 5.69 Å². The van der Waals surface area contributed by atoms with Gasteiger partial charge in [0.15, 0.2) is 0 Å². The molecule has 1 aromatic carbocycles. The van der Waals surface area contributed by atoms with Crippen molar-refractivity contribution < 1.29 is 4.79 Å². The molecule has 0 radical (unpaired) electrons. The summed E-state index contributed by atoms with van der Waals surface area (Å²) in [6.07, 6.45) is 3.74. The zero-order chi connectivity index (χ0) is 13.1. The lowest BCUT2D eigenvalue weighted by molar-refractivity contribution is -0.118. The van der Waals surface area contributed by atoms with Gasteiger partial charge < -0.3 is 10.6 Å². The summed E-state index contributed by atoms with van der Waals surface area (Å²) in [6, 6.07) is 5.86. The van der Waals surface area contributed by atoms with E-state index in [-0.39, 0.29) is 5.91 Å². The number of rotatable bonds is 2. The zero-order valence-electron chi connectivity index (χ0n) is 10.6. The molecular formula is C14H18N2OS. The van der Waals surface area contributed by atoms with E-state index in [0.29, 0.717) is 11.4 Å². The van der Waals surface area contributed by atoms with Crippen LogP contribution in [0.25, 0.3) is 0 Å². The number of carbonyl (C=O) groups is 1. The summed E-state index contributed by atoms with van der Waals surface area (Å²) in [6.45, 7) is 2.73. The van der Waals surface area contributed by atoms with Gasteiger partial charge in [0.2, 0.25) is 5.91 Å². The highest BCUT2D eigenvalue weighted by molar-refractivity contribution is 7.80. The molecule has 1 aliphatic heterocycles. The third-order valence-electron chi connectivity index (χ3n) is 3.36. The molecule has 0 aromatic heterocycles. The molecular weight excluding hydrogens is 244 g/mol. The maximum atomic E-state index is 12.1. The highest BCUT2D eigenvalue weighted by atomic mass is 32.1. The summed E-state index contributed by atoms with van der Waals surface area (Å²) < 4.78 is 0. The molecule has 2 N–H and O–H groups in total. The minimum absolute atomic E-state index is 0.176. The molecule has 1 fully saturated rings. The first-order chi connectivity index (χ1) is 8.61. The summed E-state index contributed by atoms with van der Waals surface area (Å²) in [5, 5.41) is 0. The Kier molecular flexibility index (Phi) is 3.97. The first-order valence-electron chi connectivity index (χ1n) is 6.31. The number of thiocarbonyl (C=S) groups is 1. The lowest BCUT2D eigenvalue weighted by Gasteiger charge is -2.24. The average molecular weight is 262 g/mol. The SMILES string of the molecule is Cc1cccc(N2CCCCCC2=O)c1C(N)=S. The predicted molar refractivity (Wildman–Crippen MR) is 77.9 cm³/mol. The number of hydrogen-bond donors (Lipinski definition) is 1. The normalized spacial score (nSPS) is 16.5. The van der Waals surface area contributed by atoms with Gasteiger partial charge in [-0.15, -0.1) is 0 Å². The number of hydrogen-bond acceptors (Lipinski definition) is 2. The summed E-state index contributed by atoms with van der Waals surface area (Å²) in [5.41, 5.74) is 8.53. The molecule has 1 aliphatic rings. The predicted octanol–water partition coefficient (Wildman–Crippen LogP) is 2.54. The van der Waals surface area contributed by atoms with Gasteiger partial charge in [0.1, 0.15) is 4.99 Å². The van der Waals surface area contributed by atoms with Crippen LogP contribution in [0.15, 0.2) is 18.2 Å². The Labute approximate surface area is 113 Å². The van der Waals surface area contributed by atoms with Gasteiger partial charge >= 0.3 is 0 Å². The standard InChI is InChI=1S/C14H18N2OS/c1-10-6-5-7-11(13(10)14(15)18)16-9-4-2-3-8-12(16)17/h5-7H,2-4,8-9H2,1H3,(H2,15,18). The molecule has 0 bridgehead atoms. The van der Waals surface area contributed by atoms with E-state index >= 15 is 0 Å².